The minimum atomic E-state index is -3.94. The number of nitrogens with zero attached hydrogens (tertiary/aromatic N) is 2. The molecule has 3 atom stereocenters. The van der Waals surface area contributed by atoms with Gasteiger partial charge in [-0.15, -0.1) is 0 Å². The second-order valence-electron chi connectivity index (χ2n) is 10.7. The molecule has 1 amide bonds. The van der Waals surface area contributed by atoms with E-state index in [1.165, 1.54) is 10.7 Å². The molecule has 0 spiro atoms. The third-order valence-corrected chi connectivity index (χ3v) is 9.87. The van der Waals surface area contributed by atoms with Crippen molar-refractivity contribution in [3.63, 3.8) is 0 Å². The van der Waals surface area contributed by atoms with Crippen LogP contribution in [0.2, 0.25) is 0 Å². The van der Waals surface area contributed by atoms with Crippen molar-refractivity contribution in [1.29, 1.82) is 0 Å². The van der Waals surface area contributed by atoms with E-state index in [-0.39, 0.29) is 41.5 Å². The number of ether oxygens (including phenoxy) is 2. The van der Waals surface area contributed by atoms with Crippen molar-refractivity contribution in [3.05, 3.63) is 42.5 Å². The zero-order chi connectivity index (χ0) is 27.4. The van der Waals surface area contributed by atoms with E-state index in [0.29, 0.717) is 12.3 Å². The number of benzene rings is 2. The Labute approximate surface area is 226 Å². The number of carbonyl (C=O) groups is 1. The third kappa shape index (κ3) is 6.00. The SMILES string of the molecule is COc1cccc(-c2ccc3c(c2)O[C@@H](CN(C)C(=O)C2CCCCC2)[C@H](C)CN([C@H](C)CO)S3(=O)=O)c1. The first-order valence-electron chi connectivity index (χ1n) is 13.5. The fourth-order valence-corrected chi connectivity index (χ4v) is 7.27. The monoisotopic (exact) mass is 544 g/mol. The number of likely N-dealkylation sites (N-methyl/N-ethyl adjacent to an activating group) is 1. The minimum Gasteiger partial charge on any atom is -0.497 e. The third-order valence-electron chi connectivity index (χ3n) is 7.85. The fraction of sp³-hybridized carbons (Fsp3) is 0.552. The van der Waals surface area contributed by atoms with Crippen molar-refractivity contribution in [2.24, 2.45) is 11.8 Å². The summed E-state index contributed by atoms with van der Waals surface area (Å²) >= 11 is 0. The summed E-state index contributed by atoms with van der Waals surface area (Å²) in [4.78, 5) is 15.0. The molecule has 2 aromatic rings. The highest BCUT2D eigenvalue weighted by atomic mass is 32.2. The Morgan fingerprint density at radius 3 is 2.55 bits per heavy atom. The quantitative estimate of drug-likeness (QED) is 0.562. The smallest absolute Gasteiger partial charge is 0.247 e. The van der Waals surface area contributed by atoms with Gasteiger partial charge in [-0.3, -0.25) is 4.79 Å². The highest BCUT2D eigenvalue weighted by Gasteiger charge is 2.39. The number of hydrogen-bond donors (Lipinski definition) is 1. The van der Waals surface area contributed by atoms with E-state index >= 15 is 0 Å². The van der Waals surface area contributed by atoms with E-state index in [9.17, 15) is 18.3 Å². The second kappa shape index (κ2) is 12.1. The van der Waals surface area contributed by atoms with Crippen LogP contribution in [0.25, 0.3) is 11.1 Å². The molecule has 2 aliphatic rings. The van der Waals surface area contributed by atoms with Crippen LogP contribution >= 0.6 is 0 Å². The van der Waals surface area contributed by atoms with Crippen molar-refractivity contribution in [3.8, 4) is 22.6 Å². The molecule has 1 heterocycles. The van der Waals surface area contributed by atoms with E-state index in [1.54, 1.807) is 37.1 Å². The van der Waals surface area contributed by atoms with Crippen molar-refractivity contribution in [2.75, 3.05) is 33.9 Å². The van der Waals surface area contributed by atoms with Crippen molar-refractivity contribution in [1.82, 2.24) is 9.21 Å². The Balaban J connectivity index is 1.72. The van der Waals surface area contributed by atoms with Crippen molar-refractivity contribution in [2.45, 2.75) is 63.0 Å². The van der Waals surface area contributed by atoms with Gasteiger partial charge in [0, 0.05) is 31.5 Å². The van der Waals surface area contributed by atoms with E-state index in [0.717, 1.165) is 36.8 Å². The molecule has 0 radical (unpaired) electrons. The summed E-state index contributed by atoms with van der Waals surface area (Å²) in [6, 6.07) is 12.0. The van der Waals surface area contributed by atoms with Gasteiger partial charge >= 0.3 is 0 Å². The average Bonchev–Trinajstić information content (AvgIpc) is 2.94. The lowest BCUT2D eigenvalue weighted by atomic mass is 9.88. The molecule has 38 heavy (non-hydrogen) atoms. The van der Waals surface area contributed by atoms with Crippen LogP contribution in [0, 0.1) is 11.8 Å². The molecule has 4 rings (SSSR count). The van der Waals surface area contributed by atoms with Crippen molar-refractivity contribution < 1.29 is 27.8 Å². The number of hydrogen-bond acceptors (Lipinski definition) is 6. The molecule has 0 unspecified atom stereocenters. The lowest BCUT2D eigenvalue weighted by Gasteiger charge is -2.38. The number of amides is 1. The van der Waals surface area contributed by atoms with Gasteiger partial charge in [0.1, 0.15) is 22.5 Å². The van der Waals surface area contributed by atoms with E-state index in [1.807, 2.05) is 38.2 Å². The number of fused-ring (bicyclic) bond motifs is 1. The first-order chi connectivity index (χ1) is 18.1. The Morgan fingerprint density at radius 1 is 1.16 bits per heavy atom. The lowest BCUT2D eigenvalue weighted by Crippen LogP contribution is -2.50. The molecule has 2 aromatic carbocycles. The zero-order valence-electron chi connectivity index (χ0n) is 22.8. The van der Waals surface area contributed by atoms with Gasteiger partial charge in [0.2, 0.25) is 15.9 Å². The maximum atomic E-state index is 13.8. The number of rotatable bonds is 7. The molecule has 1 fully saturated rings. The molecule has 8 nitrogen and oxygen atoms in total. The highest BCUT2D eigenvalue weighted by Crippen LogP contribution is 2.37. The minimum absolute atomic E-state index is 0.0378. The topological polar surface area (TPSA) is 96.4 Å². The van der Waals surface area contributed by atoms with Gasteiger partial charge in [-0.25, -0.2) is 8.42 Å². The van der Waals surface area contributed by atoms with E-state index < -0.39 is 22.2 Å². The van der Waals surface area contributed by atoms with Crippen LogP contribution in [0.1, 0.15) is 46.0 Å². The molecule has 208 valence electrons. The molecular formula is C29H40N2O6S. The summed E-state index contributed by atoms with van der Waals surface area (Å²) in [6.45, 7) is 3.87. The highest BCUT2D eigenvalue weighted by molar-refractivity contribution is 7.89. The van der Waals surface area contributed by atoms with Gasteiger partial charge in [0.05, 0.1) is 20.3 Å². The summed E-state index contributed by atoms with van der Waals surface area (Å²) in [6.07, 6.45) is 4.72. The molecule has 0 saturated heterocycles. The van der Waals surface area contributed by atoms with Gasteiger partial charge in [-0.05, 0) is 55.2 Å². The number of aliphatic hydroxyl groups excluding tert-OH is 1. The standard InChI is InChI=1S/C29H40N2O6S/c1-20-17-31(21(2)19-32)38(34,35)28-14-13-24(23-11-8-12-25(15-23)36-4)16-26(28)37-27(20)18-30(3)29(33)22-9-6-5-7-10-22/h8,11-16,20-22,27,32H,5-7,9-10,17-19H2,1-4H3/t20-,21-,27+/m1/s1. The Morgan fingerprint density at radius 2 is 1.87 bits per heavy atom. The predicted molar refractivity (Wildman–Crippen MR) is 147 cm³/mol. The Hall–Kier alpha value is -2.62. The first kappa shape index (κ1) is 28.4. The second-order valence-corrected chi connectivity index (χ2v) is 12.5. The summed E-state index contributed by atoms with van der Waals surface area (Å²) in [5.41, 5.74) is 1.66. The number of sulfonamides is 1. The predicted octanol–water partition coefficient (Wildman–Crippen LogP) is 4.17. The largest absolute Gasteiger partial charge is 0.497 e. The number of aliphatic hydroxyl groups is 1. The summed E-state index contributed by atoms with van der Waals surface area (Å²) in [5.74, 6) is 0.876. The molecule has 0 bridgehead atoms. The molecule has 1 aliphatic heterocycles. The molecule has 0 aromatic heterocycles. The first-order valence-corrected chi connectivity index (χ1v) is 14.9. The average molecular weight is 545 g/mol. The Bertz CT molecular complexity index is 1230. The Kier molecular flexibility index (Phi) is 9.00. The van der Waals surface area contributed by atoms with E-state index in [4.69, 9.17) is 9.47 Å². The van der Waals surface area contributed by atoms with Gasteiger partial charge in [0.15, 0.2) is 0 Å². The van der Waals surface area contributed by atoms with Gasteiger partial charge in [0.25, 0.3) is 0 Å². The summed E-state index contributed by atoms with van der Waals surface area (Å²) in [5, 5.41) is 9.88. The van der Waals surface area contributed by atoms with Crippen LogP contribution < -0.4 is 9.47 Å². The molecule has 1 saturated carbocycles. The van der Waals surface area contributed by atoms with Crippen LogP contribution in [0.5, 0.6) is 11.5 Å². The van der Waals surface area contributed by atoms with Gasteiger partial charge < -0.3 is 19.5 Å². The van der Waals surface area contributed by atoms with Crippen LogP contribution in [-0.4, -0.2) is 74.6 Å². The van der Waals surface area contributed by atoms with Crippen molar-refractivity contribution >= 4 is 15.9 Å². The number of carbonyl (C=O) groups excluding carboxylic acids is 1. The molecule has 1 aliphatic carbocycles. The molecule has 1 N–H and O–H groups in total. The number of methoxy groups -OCH3 is 1. The van der Waals surface area contributed by atoms with E-state index in [2.05, 4.69) is 0 Å². The lowest BCUT2D eigenvalue weighted by molar-refractivity contribution is -0.136. The normalized spacial score (nSPS) is 22.9. The maximum Gasteiger partial charge on any atom is 0.247 e. The fourth-order valence-electron chi connectivity index (χ4n) is 5.45. The maximum absolute atomic E-state index is 13.8. The molecule has 9 heteroatoms. The van der Waals surface area contributed by atoms with Gasteiger partial charge in [-0.1, -0.05) is 44.4 Å². The summed E-state index contributed by atoms with van der Waals surface area (Å²) in [7, 11) is -0.531. The zero-order valence-corrected chi connectivity index (χ0v) is 23.6. The van der Waals surface area contributed by atoms with Crippen LogP contribution in [0.4, 0.5) is 0 Å². The van der Waals surface area contributed by atoms with Crippen LogP contribution in [0.15, 0.2) is 47.4 Å². The van der Waals surface area contributed by atoms with Gasteiger partial charge in [-0.2, -0.15) is 4.31 Å². The van der Waals surface area contributed by atoms with Crippen LogP contribution in [-0.2, 0) is 14.8 Å². The van der Waals surface area contributed by atoms with Crippen LogP contribution in [0.3, 0.4) is 0 Å². The molecular weight excluding hydrogens is 504 g/mol. The summed E-state index contributed by atoms with van der Waals surface area (Å²) < 4.78 is 40.7.